The van der Waals surface area contributed by atoms with Crippen LogP contribution in [0.3, 0.4) is 0 Å². The van der Waals surface area contributed by atoms with E-state index in [9.17, 15) is 4.79 Å². The van der Waals surface area contributed by atoms with Crippen LogP contribution in [0.2, 0.25) is 0 Å². The molecule has 0 spiro atoms. The maximum Gasteiger partial charge on any atom is 0.252 e. The first-order valence-corrected chi connectivity index (χ1v) is 8.21. The Hall–Kier alpha value is -0.400. The van der Waals surface area contributed by atoms with E-state index in [4.69, 9.17) is 0 Å². The number of nitrogens with one attached hydrogen (secondary N) is 1. The zero-order valence-electron chi connectivity index (χ0n) is 9.79. The minimum absolute atomic E-state index is 0.0823. The van der Waals surface area contributed by atoms with Gasteiger partial charge in [0, 0.05) is 19.1 Å². The number of benzene rings is 2. The lowest BCUT2D eigenvalue weighted by atomic mass is 10.2. The minimum atomic E-state index is -0.0823. The number of carbonyl (C=O) groups excluding carboxylic acids is 1. The first-order valence-electron chi connectivity index (χ1n) is 5.54. The third-order valence-electron chi connectivity index (χ3n) is 2.57. The molecule has 0 aromatic heterocycles. The number of hydrogen-bond acceptors (Lipinski definition) is 1. The van der Waals surface area contributed by atoms with Crippen LogP contribution in [-0.2, 0) is 6.54 Å². The van der Waals surface area contributed by atoms with Crippen molar-refractivity contribution < 1.29 is 4.79 Å². The Bertz CT molecular complexity index is 616. The third kappa shape index (κ3) is 4.03. The molecule has 0 aliphatic heterocycles. The van der Waals surface area contributed by atoms with E-state index in [1.54, 1.807) is 0 Å². The predicted molar refractivity (Wildman–Crippen MR) is 92.2 cm³/mol. The Kier molecular flexibility index (Phi) is 5.41. The Balaban J connectivity index is 2.10. The topological polar surface area (TPSA) is 29.1 Å². The summed E-state index contributed by atoms with van der Waals surface area (Å²) in [5.41, 5.74) is 1.71. The first kappa shape index (κ1) is 15.0. The van der Waals surface area contributed by atoms with Gasteiger partial charge in [-0.3, -0.25) is 4.79 Å². The van der Waals surface area contributed by atoms with E-state index in [0.29, 0.717) is 12.1 Å². The van der Waals surface area contributed by atoms with Gasteiger partial charge >= 0.3 is 0 Å². The summed E-state index contributed by atoms with van der Waals surface area (Å²) < 4.78 is 2.83. The zero-order valence-corrected chi connectivity index (χ0v) is 15.1. The van der Waals surface area contributed by atoms with Crippen LogP contribution in [0.15, 0.2) is 51.4 Å². The van der Waals surface area contributed by atoms with Crippen LogP contribution in [0.5, 0.6) is 0 Å². The van der Waals surface area contributed by atoms with Gasteiger partial charge in [0.05, 0.1) is 5.56 Å². The van der Waals surface area contributed by atoms with Crippen molar-refractivity contribution in [2.24, 2.45) is 0 Å². The van der Waals surface area contributed by atoms with E-state index < -0.39 is 0 Å². The molecule has 2 rings (SSSR count). The Labute approximate surface area is 142 Å². The van der Waals surface area contributed by atoms with Gasteiger partial charge in [-0.15, -0.1) is 0 Å². The summed E-state index contributed by atoms with van der Waals surface area (Å²) in [5, 5.41) is 2.92. The molecule has 0 atom stereocenters. The monoisotopic (exact) mass is 493 g/mol. The van der Waals surface area contributed by atoms with Gasteiger partial charge in [0.25, 0.3) is 5.91 Å². The van der Waals surface area contributed by atoms with Crippen LogP contribution in [0.4, 0.5) is 0 Å². The van der Waals surface area contributed by atoms with Gasteiger partial charge in [-0.05, 0) is 68.3 Å². The van der Waals surface area contributed by atoms with Crippen LogP contribution >= 0.6 is 54.5 Å². The molecule has 1 N–H and O–H groups in total. The highest BCUT2D eigenvalue weighted by Crippen LogP contribution is 2.20. The molecule has 0 aliphatic rings. The van der Waals surface area contributed by atoms with Crippen molar-refractivity contribution in [2.45, 2.75) is 6.54 Å². The maximum atomic E-state index is 12.1. The molecule has 0 saturated heterocycles. The standard InChI is InChI=1S/C14H10Br2INO/c15-12-4-2-1-3-9(12)8-18-14(19)11-7-10(17)5-6-13(11)16/h1-7H,8H2,(H,18,19). The summed E-state index contributed by atoms with van der Waals surface area (Å²) >= 11 is 9.06. The molecule has 0 aliphatic carbocycles. The molecule has 0 fully saturated rings. The molecule has 0 bridgehead atoms. The lowest BCUT2D eigenvalue weighted by Crippen LogP contribution is -2.23. The molecule has 0 heterocycles. The zero-order chi connectivity index (χ0) is 13.8. The molecular formula is C14H10Br2INO. The number of carbonyl (C=O) groups is 1. The highest BCUT2D eigenvalue weighted by atomic mass is 127. The van der Waals surface area contributed by atoms with Gasteiger partial charge in [0.1, 0.15) is 0 Å². The van der Waals surface area contributed by atoms with Crippen molar-refractivity contribution in [3.8, 4) is 0 Å². The molecule has 5 heteroatoms. The van der Waals surface area contributed by atoms with Crippen molar-refractivity contribution in [2.75, 3.05) is 0 Å². The van der Waals surface area contributed by atoms with E-state index in [1.165, 1.54) is 0 Å². The summed E-state index contributed by atoms with van der Waals surface area (Å²) in [6, 6.07) is 13.5. The van der Waals surface area contributed by atoms with Crippen molar-refractivity contribution >= 4 is 60.4 Å². The molecule has 19 heavy (non-hydrogen) atoms. The molecule has 2 aromatic carbocycles. The molecule has 0 saturated carbocycles. The van der Waals surface area contributed by atoms with Gasteiger partial charge in [0.2, 0.25) is 0 Å². The molecule has 2 aromatic rings. The molecule has 1 amide bonds. The second kappa shape index (κ2) is 6.85. The van der Waals surface area contributed by atoms with Crippen molar-refractivity contribution in [1.29, 1.82) is 0 Å². The SMILES string of the molecule is O=C(NCc1ccccc1Br)c1cc(I)ccc1Br. The summed E-state index contributed by atoms with van der Waals surface area (Å²) in [5.74, 6) is -0.0823. The molecule has 0 radical (unpaired) electrons. The third-order valence-corrected chi connectivity index (χ3v) is 4.71. The highest BCUT2D eigenvalue weighted by Gasteiger charge is 2.10. The average molecular weight is 495 g/mol. The summed E-state index contributed by atoms with van der Waals surface area (Å²) in [7, 11) is 0. The van der Waals surface area contributed by atoms with Crippen molar-refractivity contribution in [1.82, 2.24) is 5.32 Å². The fraction of sp³-hybridized carbons (Fsp3) is 0.0714. The largest absolute Gasteiger partial charge is 0.348 e. The van der Waals surface area contributed by atoms with Crippen LogP contribution in [-0.4, -0.2) is 5.91 Å². The van der Waals surface area contributed by atoms with E-state index in [2.05, 4.69) is 59.8 Å². The minimum Gasteiger partial charge on any atom is -0.348 e. The fourth-order valence-corrected chi connectivity index (χ4v) is 2.93. The smallest absolute Gasteiger partial charge is 0.252 e. The lowest BCUT2D eigenvalue weighted by Gasteiger charge is -2.08. The van der Waals surface area contributed by atoms with Crippen molar-refractivity contribution in [3.63, 3.8) is 0 Å². The quantitative estimate of drug-likeness (QED) is 0.613. The maximum absolute atomic E-state index is 12.1. The van der Waals surface area contributed by atoms with Crippen LogP contribution in [0.1, 0.15) is 15.9 Å². The highest BCUT2D eigenvalue weighted by molar-refractivity contribution is 14.1. The van der Waals surface area contributed by atoms with Gasteiger partial charge in [0.15, 0.2) is 0 Å². The number of halogens is 3. The first-order chi connectivity index (χ1) is 9.08. The lowest BCUT2D eigenvalue weighted by molar-refractivity contribution is 0.0950. The van der Waals surface area contributed by atoms with Gasteiger partial charge in [-0.25, -0.2) is 0 Å². The van der Waals surface area contributed by atoms with Gasteiger partial charge in [-0.1, -0.05) is 34.1 Å². The summed E-state index contributed by atoms with van der Waals surface area (Å²) in [4.78, 5) is 12.1. The molecule has 2 nitrogen and oxygen atoms in total. The van der Waals surface area contributed by atoms with Crippen LogP contribution in [0, 0.1) is 3.57 Å². The van der Waals surface area contributed by atoms with E-state index in [-0.39, 0.29) is 5.91 Å². The summed E-state index contributed by atoms with van der Waals surface area (Å²) in [6.45, 7) is 0.498. The normalized spacial score (nSPS) is 10.3. The van der Waals surface area contributed by atoms with Crippen molar-refractivity contribution in [3.05, 3.63) is 66.1 Å². The fourth-order valence-electron chi connectivity index (χ4n) is 1.58. The van der Waals surface area contributed by atoms with E-state index in [1.807, 2.05) is 42.5 Å². The Morgan fingerprint density at radius 1 is 1.11 bits per heavy atom. The summed E-state index contributed by atoms with van der Waals surface area (Å²) in [6.07, 6.45) is 0. The average Bonchev–Trinajstić information content (AvgIpc) is 2.40. The molecule has 0 unspecified atom stereocenters. The Morgan fingerprint density at radius 3 is 2.58 bits per heavy atom. The number of hydrogen-bond donors (Lipinski definition) is 1. The predicted octanol–water partition coefficient (Wildman–Crippen LogP) is 4.75. The van der Waals surface area contributed by atoms with Gasteiger partial charge in [-0.2, -0.15) is 0 Å². The Morgan fingerprint density at radius 2 is 1.84 bits per heavy atom. The van der Waals surface area contributed by atoms with Gasteiger partial charge < -0.3 is 5.32 Å². The molecular weight excluding hydrogens is 485 g/mol. The van der Waals surface area contributed by atoms with Crippen LogP contribution < -0.4 is 5.32 Å². The van der Waals surface area contributed by atoms with E-state index >= 15 is 0 Å². The number of rotatable bonds is 3. The molecule has 98 valence electrons. The number of amides is 1. The second-order valence-electron chi connectivity index (χ2n) is 3.90. The van der Waals surface area contributed by atoms with Crippen LogP contribution in [0.25, 0.3) is 0 Å². The van der Waals surface area contributed by atoms with E-state index in [0.717, 1.165) is 18.1 Å². The second-order valence-corrected chi connectivity index (χ2v) is 6.85.